The zero-order chi connectivity index (χ0) is 19.2. The van der Waals surface area contributed by atoms with E-state index in [1.807, 2.05) is 11.8 Å². The topological polar surface area (TPSA) is 79.6 Å². The maximum absolute atomic E-state index is 5.40. The van der Waals surface area contributed by atoms with E-state index in [9.17, 15) is 0 Å². The van der Waals surface area contributed by atoms with Crippen LogP contribution in [0.25, 0.3) is 0 Å². The third kappa shape index (κ3) is 10.3. The van der Waals surface area contributed by atoms with Crippen molar-refractivity contribution in [3.05, 3.63) is 12.2 Å². The summed E-state index contributed by atoms with van der Waals surface area (Å²) in [6.07, 6.45) is 7.04. The predicted octanol–water partition coefficient (Wildman–Crippen LogP) is 1.47. The number of rotatable bonds is 12. The van der Waals surface area contributed by atoms with E-state index in [1.54, 1.807) is 6.33 Å². The van der Waals surface area contributed by atoms with E-state index >= 15 is 0 Å². The highest BCUT2D eigenvalue weighted by molar-refractivity contribution is 14.0. The van der Waals surface area contributed by atoms with Gasteiger partial charge >= 0.3 is 0 Å². The molecule has 1 aromatic rings. The van der Waals surface area contributed by atoms with E-state index in [0.29, 0.717) is 0 Å². The van der Waals surface area contributed by atoms with E-state index in [4.69, 9.17) is 9.73 Å². The molecule has 0 unspecified atom stereocenters. The van der Waals surface area contributed by atoms with Crippen molar-refractivity contribution >= 4 is 41.7 Å². The van der Waals surface area contributed by atoms with Crippen LogP contribution in [0.3, 0.4) is 0 Å². The Morgan fingerprint density at radius 2 is 2.00 bits per heavy atom. The van der Waals surface area contributed by atoms with Gasteiger partial charge in [0.25, 0.3) is 0 Å². The Morgan fingerprint density at radius 1 is 1.21 bits per heavy atom. The molecule has 0 aliphatic carbocycles. The maximum atomic E-state index is 5.40. The minimum atomic E-state index is 0. The summed E-state index contributed by atoms with van der Waals surface area (Å²) in [4.78, 5) is 7.18. The number of thioether (sulfide) groups is 1. The molecule has 10 heteroatoms. The SMILES string of the molecule is CCc1nncn1CCNC(=NCCCSC)NCCCN1CCOCC1.I. The van der Waals surface area contributed by atoms with E-state index in [2.05, 4.69) is 43.5 Å². The molecular weight excluding hydrogens is 489 g/mol. The molecule has 0 aromatic carbocycles. The van der Waals surface area contributed by atoms with Crippen LogP contribution in [-0.4, -0.2) is 90.1 Å². The summed E-state index contributed by atoms with van der Waals surface area (Å²) in [6.45, 7) is 10.5. The van der Waals surface area contributed by atoms with Crippen molar-refractivity contribution < 1.29 is 4.74 Å². The Morgan fingerprint density at radius 3 is 2.75 bits per heavy atom. The number of halogens is 1. The fourth-order valence-corrected chi connectivity index (χ4v) is 3.36. The lowest BCUT2D eigenvalue weighted by Crippen LogP contribution is -2.41. The molecule has 1 fully saturated rings. The zero-order valence-corrected chi connectivity index (χ0v) is 20.4. The van der Waals surface area contributed by atoms with Gasteiger partial charge in [0.1, 0.15) is 12.2 Å². The number of hydrogen-bond donors (Lipinski definition) is 2. The molecule has 28 heavy (non-hydrogen) atoms. The van der Waals surface area contributed by atoms with Gasteiger partial charge in [0, 0.05) is 45.7 Å². The molecule has 1 saturated heterocycles. The summed E-state index contributed by atoms with van der Waals surface area (Å²) in [6, 6.07) is 0. The van der Waals surface area contributed by atoms with Crippen LogP contribution >= 0.6 is 35.7 Å². The highest BCUT2D eigenvalue weighted by Gasteiger charge is 2.09. The van der Waals surface area contributed by atoms with Crippen molar-refractivity contribution in [2.24, 2.45) is 4.99 Å². The quantitative estimate of drug-likeness (QED) is 0.185. The number of aromatic nitrogens is 3. The number of nitrogens with one attached hydrogen (secondary N) is 2. The largest absolute Gasteiger partial charge is 0.379 e. The number of morpholine rings is 1. The van der Waals surface area contributed by atoms with Crippen LogP contribution < -0.4 is 10.6 Å². The molecule has 2 N–H and O–H groups in total. The summed E-state index contributed by atoms with van der Waals surface area (Å²) >= 11 is 1.87. The number of ether oxygens (including phenoxy) is 1. The molecule has 0 bridgehead atoms. The molecule has 8 nitrogen and oxygen atoms in total. The molecule has 0 atom stereocenters. The fourth-order valence-electron chi connectivity index (χ4n) is 2.94. The molecule has 0 spiro atoms. The van der Waals surface area contributed by atoms with Crippen LogP contribution in [0, 0.1) is 0 Å². The highest BCUT2D eigenvalue weighted by atomic mass is 127. The van der Waals surface area contributed by atoms with Gasteiger partial charge in [-0.1, -0.05) is 6.92 Å². The lowest BCUT2D eigenvalue weighted by molar-refractivity contribution is 0.0376. The van der Waals surface area contributed by atoms with E-state index in [1.165, 1.54) is 0 Å². The average Bonchev–Trinajstić information content (AvgIpc) is 3.16. The number of nitrogens with zero attached hydrogens (tertiary/aromatic N) is 5. The second-order valence-electron chi connectivity index (χ2n) is 6.53. The molecule has 1 aromatic heterocycles. The third-order valence-corrected chi connectivity index (χ3v) is 5.18. The van der Waals surface area contributed by atoms with Gasteiger partial charge in [0.05, 0.1) is 13.2 Å². The van der Waals surface area contributed by atoms with Crippen molar-refractivity contribution in [2.75, 3.05) is 64.5 Å². The predicted molar refractivity (Wildman–Crippen MR) is 128 cm³/mol. The van der Waals surface area contributed by atoms with Gasteiger partial charge in [-0.15, -0.1) is 34.2 Å². The third-order valence-electron chi connectivity index (χ3n) is 4.48. The lowest BCUT2D eigenvalue weighted by Gasteiger charge is -2.26. The first kappa shape index (κ1) is 25.4. The average molecular weight is 526 g/mol. The van der Waals surface area contributed by atoms with E-state index in [0.717, 1.165) is 95.8 Å². The Bertz CT molecular complexity index is 538. The van der Waals surface area contributed by atoms with Crippen LogP contribution in [0.15, 0.2) is 11.3 Å². The van der Waals surface area contributed by atoms with E-state index in [-0.39, 0.29) is 24.0 Å². The summed E-state index contributed by atoms with van der Waals surface area (Å²) in [5.74, 6) is 3.08. The van der Waals surface area contributed by atoms with Crippen LogP contribution in [0.1, 0.15) is 25.6 Å². The van der Waals surface area contributed by atoms with Crippen LogP contribution in [-0.2, 0) is 17.7 Å². The normalized spacial score (nSPS) is 15.3. The van der Waals surface area contributed by atoms with Crippen LogP contribution in [0.5, 0.6) is 0 Å². The van der Waals surface area contributed by atoms with Gasteiger partial charge in [0.2, 0.25) is 0 Å². The first-order chi connectivity index (χ1) is 13.3. The van der Waals surface area contributed by atoms with Crippen molar-refractivity contribution in [3.8, 4) is 0 Å². The summed E-state index contributed by atoms with van der Waals surface area (Å²) in [5.41, 5.74) is 0. The minimum Gasteiger partial charge on any atom is -0.379 e. The van der Waals surface area contributed by atoms with Gasteiger partial charge < -0.3 is 19.9 Å². The maximum Gasteiger partial charge on any atom is 0.191 e. The molecule has 2 heterocycles. The van der Waals surface area contributed by atoms with Crippen molar-refractivity contribution in [1.82, 2.24) is 30.3 Å². The van der Waals surface area contributed by atoms with Gasteiger partial charge in [-0.05, 0) is 31.4 Å². The number of aliphatic imine (C=N–C) groups is 1. The Hall–Kier alpha value is -0.590. The van der Waals surface area contributed by atoms with Gasteiger partial charge in [-0.3, -0.25) is 9.89 Å². The van der Waals surface area contributed by atoms with Gasteiger partial charge in [-0.2, -0.15) is 11.8 Å². The molecular formula is C18H36IN7OS. The van der Waals surface area contributed by atoms with Gasteiger partial charge in [0.15, 0.2) is 5.96 Å². The monoisotopic (exact) mass is 525 g/mol. The second kappa shape index (κ2) is 16.2. The standard InChI is InChI=1S/C18H35N7OS.HI/c1-3-17-23-22-16-25(17)10-8-21-18(20-7-5-15-27-2)19-6-4-9-24-11-13-26-14-12-24;/h16H,3-15H2,1-2H3,(H2,19,20,21);1H. The van der Waals surface area contributed by atoms with Crippen LogP contribution in [0.2, 0.25) is 0 Å². The Labute approximate surface area is 190 Å². The van der Waals surface area contributed by atoms with Crippen molar-refractivity contribution in [3.63, 3.8) is 0 Å². The van der Waals surface area contributed by atoms with Crippen molar-refractivity contribution in [1.29, 1.82) is 0 Å². The highest BCUT2D eigenvalue weighted by Crippen LogP contribution is 1.98. The summed E-state index contributed by atoms with van der Waals surface area (Å²) in [7, 11) is 0. The van der Waals surface area contributed by atoms with Crippen molar-refractivity contribution in [2.45, 2.75) is 32.7 Å². The molecule has 1 aliphatic heterocycles. The Balaban J connectivity index is 0.00000392. The minimum absolute atomic E-state index is 0. The Kier molecular flexibility index (Phi) is 14.8. The van der Waals surface area contributed by atoms with E-state index < -0.39 is 0 Å². The van der Waals surface area contributed by atoms with Crippen LogP contribution in [0.4, 0.5) is 0 Å². The molecule has 0 saturated carbocycles. The number of hydrogen-bond acceptors (Lipinski definition) is 6. The summed E-state index contributed by atoms with van der Waals surface area (Å²) < 4.78 is 7.49. The first-order valence-electron chi connectivity index (χ1n) is 10.0. The summed E-state index contributed by atoms with van der Waals surface area (Å²) in [5, 5.41) is 15.0. The molecule has 162 valence electrons. The molecule has 1 aliphatic rings. The zero-order valence-electron chi connectivity index (χ0n) is 17.2. The first-order valence-corrected chi connectivity index (χ1v) is 11.4. The molecule has 0 radical (unpaired) electrons. The lowest BCUT2D eigenvalue weighted by atomic mass is 10.3. The number of guanidine groups is 1. The molecule has 2 rings (SSSR count). The smallest absolute Gasteiger partial charge is 0.191 e. The molecule has 0 amide bonds. The number of aryl methyl sites for hydroxylation is 1. The fraction of sp³-hybridized carbons (Fsp3) is 0.833. The second-order valence-corrected chi connectivity index (χ2v) is 7.52. The van der Waals surface area contributed by atoms with Gasteiger partial charge in [-0.25, -0.2) is 0 Å².